The standard InChI is InChI=1S/C28H29N3O3S/c1-17(2)24-23-25(30-29-24)27(32)31(20-11-9-18(10-12-20)19-13-14-35-15-19)26(23)21-7-5-6-8-22(21)34-16-28(3,4)33/h5-15,17,26,33H,16H2,1-4H3,(H,29,30). The first-order valence-corrected chi connectivity index (χ1v) is 12.7. The first-order chi connectivity index (χ1) is 16.7. The average molecular weight is 488 g/mol. The Kier molecular flexibility index (Phi) is 5.99. The molecule has 35 heavy (non-hydrogen) atoms. The van der Waals surface area contributed by atoms with Crippen LogP contribution in [0.4, 0.5) is 5.69 Å². The molecule has 1 aliphatic rings. The van der Waals surface area contributed by atoms with E-state index >= 15 is 0 Å². The number of H-pyrrole nitrogens is 1. The number of nitrogens with one attached hydrogen (secondary N) is 1. The molecule has 0 saturated heterocycles. The fourth-order valence-electron chi connectivity index (χ4n) is 4.51. The van der Waals surface area contributed by atoms with E-state index in [1.54, 1.807) is 25.2 Å². The number of aromatic nitrogens is 2. The Labute approximate surface area is 209 Å². The van der Waals surface area contributed by atoms with Gasteiger partial charge in [0, 0.05) is 16.8 Å². The van der Waals surface area contributed by atoms with E-state index in [-0.39, 0.29) is 18.4 Å². The van der Waals surface area contributed by atoms with Crippen LogP contribution in [0.5, 0.6) is 5.75 Å². The van der Waals surface area contributed by atoms with Crippen molar-refractivity contribution in [2.45, 2.75) is 45.3 Å². The van der Waals surface area contributed by atoms with E-state index in [1.165, 1.54) is 0 Å². The number of anilines is 1. The van der Waals surface area contributed by atoms with Crippen LogP contribution in [-0.2, 0) is 0 Å². The zero-order valence-corrected chi connectivity index (χ0v) is 21.1. The number of amides is 1. The fraction of sp³-hybridized carbons (Fsp3) is 0.286. The first kappa shape index (κ1) is 23.3. The third kappa shape index (κ3) is 4.37. The number of hydrogen-bond donors (Lipinski definition) is 2. The van der Waals surface area contributed by atoms with Gasteiger partial charge in [-0.3, -0.25) is 14.8 Å². The Morgan fingerprint density at radius 3 is 2.51 bits per heavy atom. The first-order valence-electron chi connectivity index (χ1n) is 11.7. The number of benzene rings is 2. The van der Waals surface area contributed by atoms with Gasteiger partial charge in [-0.05, 0) is 65.9 Å². The van der Waals surface area contributed by atoms with Crippen LogP contribution in [0.2, 0.25) is 0 Å². The molecular formula is C28H29N3O3S. The molecule has 0 bridgehead atoms. The molecule has 1 unspecified atom stereocenters. The highest BCUT2D eigenvalue weighted by Crippen LogP contribution is 2.46. The molecule has 2 aromatic carbocycles. The summed E-state index contributed by atoms with van der Waals surface area (Å²) in [6, 6.07) is 17.5. The Balaban J connectivity index is 1.62. The van der Waals surface area contributed by atoms with Gasteiger partial charge in [-0.1, -0.05) is 44.2 Å². The van der Waals surface area contributed by atoms with Crippen molar-refractivity contribution in [3.63, 3.8) is 0 Å². The smallest absolute Gasteiger partial charge is 0.277 e. The SMILES string of the molecule is CC(C)c1n[nH]c2c1C(c1ccccc1OCC(C)(C)O)N(c1ccc(-c3ccsc3)cc1)C2=O. The highest BCUT2D eigenvalue weighted by Gasteiger charge is 2.44. The second kappa shape index (κ2) is 8.98. The van der Waals surface area contributed by atoms with Crippen molar-refractivity contribution in [1.82, 2.24) is 10.2 Å². The summed E-state index contributed by atoms with van der Waals surface area (Å²) in [4.78, 5) is 15.6. The van der Waals surface area contributed by atoms with Crippen LogP contribution in [0.25, 0.3) is 11.1 Å². The third-order valence-corrected chi connectivity index (χ3v) is 6.82. The molecule has 1 amide bonds. The maximum absolute atomic E-state index is 13.7. The summed E-state index contributed by atoms with van der Waals surface area (Å²) < 4.78 is 6.08. The van der Waals surface area contributed by atoms with Gasteiger partial charge >= 0.3 is 0 Å². The minimum Gasteiger partial charge on any atom is -0.490 e. The van der Waals surface area contributed by atoms with Crippen molar-refractivity contribution >= 4 is 22.9 Å². The quantitative estimate of drug-likeness (QED) is 0.327. The van der Waals surface area contributed by atoms with E-state index in [0.29, 0.717) is 11.4 Å². The number of thiophene rings is 1. The topological polar surface area (TPSA) is 78.5 Å². The molecule has 2 aromatic heterocycles. The van der Waals surface area contributed by atoms with E-state index < -0.39 is 11.6 Å². The second-order valence-corrected chi connectivity index (χ2v) is 10.6. The molecule has 0 radical (unpaired) electrons. The molecule has 7 heteroatoms. The molecule has 4 aromatic rings. The number of ether oxygens (including phenoxy) is 1. The fourth-order valence-corrected chi connectivity index (χ4v) is 5.17. The summed E-state index contributed by atoms with van der Waals surface area (Å²) in [5, 5.41) is 21.9. The zero-order valence-electron chi connectivity index (χ0n) is 20.3. The minimum atomic E-state index is -0.986. The summed E-state index contributed by atoms with van der Waals surface area (Å²) in [5.74, 6) is 0.650. The molecule has 3 heterocycles. The molecule has 0 spiro atoms. The maximum Gasteiger partial charge on any atom is 0.277 e. The molecule has 0 fully saturated rings. The zero-order chi connectivity index (χ0) is 24.7. The van der Waals surface area contributed by atoms with E-state index in [2.05, 4.69) is 40.9 Å². The Bertz CT molecular complexity index is 1330. The van der Waals surface area contributed by atoms with E-state index in [1.807, 2.05) is 53.4 Å². The van der Waals surface area contributed by atoms with Gasteiger partial charge in [0.1, 0.15) is 18.1 Å². The van der Waals surface area contributed by atoms with E-state index in [0.717, 1.165) is 33.6 Å². The van der Waals surface area contributed by atoms with Crippen molar-refractivity contribution in [3.05, 3.63) is 87.9 Å². The lowest BCUT2D eigenvalue weighted by Gasteiger charge is -2.29. The largest absolute Gasteiger partial charge is 0.490 e. The number of aliphatic hydroxyl groups is 1. The maximum atomic E-state index is 13.7. The number of aromatic amines is 1. The number of para-hydroxylation sites is 1. The minimum absolute atomic E-state index is 0.120. The molecule has 6 nitrogen and oxygen atoms in total. The molecule has 5 rings (SSSR count). The van der Waals surface area contributed by atoms with Gasteiger partial charge in [-0.15, -0.1) is 0 Å². The van der Waals surface area contributed by atoms with Crippen LogP contribution in [0.1, 0.15) is 67.0 Å². The van der Waals surface area contributed by atoms with E-state index in [9.17, 15) is 9.90 Å². The predicted molar refractivity (Wildman–Crippen MR) is 139 cm³/mol. The number of carbonyl (C=O) groups is 1. The normalized spacial score (nSPS) is 15.7. The Hall–Kier alpha value is -3.42. The summed E-state index contributed by atoms with van der Waals surface area (Å²) in [5.41, 5.74) is 5.20. The van der Waals surface area contributed by atoms with E-state index in [4.69, 9.17) is 4.74 Å². The molecule has 0 saturated carbocycles. The predicted octanol–water partition coefficient (Wildman–Crippen LogP) is 6.16. The second-order valence-electron chi connectivity index (χ2n) is 9.83. The van der Waals surface area contributed by atoms with Gasteiger partial charge < -0.3 is 9.84 Å². The lowest BCUT2D eigenvalue weighted by Crippen LogP contribution is -2.31. The monoisotopic (exact) mass is 487 g/mol. The van der Waals surface area contributed by atoms with Crippen LogP contribution in [0, 0.1) is 0 Å². The molecular weight excluding hydrogens is 458 g/mol. The van der Waals surface area contributed by atoms with Crippen molar-refractivity contribution < 1.29 is 14.6 Å². The van der Waals surface area contributed by atoms with Crippen LogP contribution in [0.15, 0.2) is 65.4 Å². The van der Waals surface area contributed by atoms with Crippen molar-refractivity contribution in [3.8, 4) is 16.9 Å². The highest BCUT2D eigenvalue weighted by atomic mass is 32.1. The van der Waals surface area contributed by atoms with Gasteiger partial charge in [0.2, 0.25) is 0 Å². The summed E-state index contributed by atoms with van der Waals surface area (Å²) in [7, 11) is 0. The number of fused-ring (bicyclic) bond motifs is 1. The van der Waals surface area contributed by atoms with Crippen molar-refractivity contribution in [2.75, 3.05) is 11.5 Å². The van der Waals surface area contributed by atoms with Gasteiger partial charge in [0.25, 0.3) is 5.91 Å². The lowest BCUT2D eigenvalue weighted by atomic mass is 9.94. The van der Waals surface area contributed by atoms with Crippen LogP contribution in [0.3, 0.4) is 0 Å². The summed E-state index contributed by atoms with van der Waals surface area (Å²) in [6.45, 7) is 7.71. The number of rotatable bonds is 7. The summed E-state index contributed by atoms with van der Waals surface area (Å²) in [6.07, 6.45) is 0. The highest BCUT2D eigenvalue weighted by molar-refractivity contribution is 7.08. The molecule has 2 N–H and O–H groups in total. The lowest BCUT2D eigenvalue weighted by molar-refractivity contribution is 0.0281. The average Bonchev–Trinajstić information content (AvgIpc) is 3.56. The van der Waals surface area contributed by atoms with Gasteiger partial charge in [-0.2, -0.15) is 16.4 Å². The number of carbonyl (C=O) groups excluding carboxylic acids is 1. The van der Waals surface area contributed by atoms with Crippen LogP contribution >= 0.6 is 11.3 Å². The van der Waals surface area contributed by atoms with Crippen LogP contribution in [-0.4, -0.2) is 33.4 Å². The number of hydrogen-bond acceptors (Lipinski definition) is 5. The van der Waals surface area contributed by atoms with Gasteiger partial charge in [-0.25, -0.2) is 0 Å². The van der Waals surface area contributed by atoms with Gasteiger partial charge in [0.05, 0.1) is 17.3 Å². The number of nitrogens with zero attached hydrogens (tertiary/aromatic N) is 2. The molecule has 1 atom stereocenters. The Morgan fingerprint density at radius 2 is 1.86 bits per heavy atom. The van der Waals surface area contributed by atoms with Crippen molar-refractivity contribution in [1.29, 1.82) is 0 Å². The van der Waals surface area contributed by atoms with Crippen LogP contribution < -0.4 is 9.64 Å². The third-order valence-electron chi connectivity index (χ3n) is 6.14. The molecule has 1 aliphatic heterocycles. The summed E-state index contributed by atoms with van der Waals surface area (Å²) >= 11 is 1.66. The molecule has 0 aliphatic carbocycles. The Morgan fingerprint density at radius 1 is 1.11 bits per heavy atom. The van der Waals surface area contributed by atoms with Gasteiger partial charge in [0.15, 0.2) is 0 Å². The van der Waals surface area contributed by atoms with Crippen molar-refractivity contribution in [2.24, 2.45) is 0 Å². The molecule has 180 valence electrons.